The van der Waals surface area contributed by atoms with Crippen LogP contribution in [-0.2, 0) is 11.3 Å². The first-order chi connectivity index (χ1) is 13.6. The molecule has 1 heterocycles. The highest BCUT2D eigenvalue weighted by atomic mass is 16.5. The Morgan fingerprint density at radius 2 is 1.57 bits per heavy atom. The van der Waals surface area contributed by atoms with Crippen LogP contribution in [0.25, 0.3) is 21.9 Å². The molecule has 6 heteroatoms. The summed E-state index contributed by atoms with van der Waals surface area (Å²) in [6.07, 6.45) is 0. The molecule has 0 saturated carbocycles. The normalized spacial score (nSPS) is 12.5. The molecule has 0 amide bonds. The van der Waals surface area contributed by atoms with Gasteiger partial charge < -0.3 is 23.7 Å². The number of fused-ring (bicyclic) bond motifs is 5. The lowest BCUT2D eigenvalue weighted by molar-refractivity contribution is 0.0478. The lowest BCUT2D eigenvalue weighted by atomic mass is 9.89. The summed E-state index contributed by atoms with van der Waals surface area (Å²) in [5.41, 5.74) is 2.74. The summed E-state index contributed by atoms with van der Waals surface area (Å²) in [5, 5.41) is 1.60. The predicted octanol–water partition coefficient (Wildman–Crippen LogP) is 4.21. The van der Waals surface area contributed by atoms with Gasteiger partial charge in [-0.05, 0) is 23.6 Å². The van der Waals surface area contributed by atoms with Crippen LogP contribution < -0.4 is 18.9 Å². The summed E-state index contributed by atoms with van der Waals surface area (Å²) in [7, 11) is 6.35. The number of carbonyl (C=O) groups excluding carboxylic acids is 1. The van der Waals surface area contributed by atoms with E-state index in [1.807, 2.05) is 24.3 Å². The lowest BCUT2D eigenvalue weighted by Gasteiger charge is -2.18. The van der Waals surface area contributed by atoms with Crippen LogP contribution in [0.4, 0.5) is 0 Å². The number of hydrogen-bond donors (Lipinski definition) is 0. The van der Waals surface area contributed by atoms with Crippen molar-refractivity contribution in [2.75, 3.05) is 28.4 Å². The zero-order valence-corrected chi connectivity index (χ0v) is 16.1. The first kappa shape index (κ1) is 18.0. The number of carbonyl (C=O) groups is 1. The van der Waals surface area contributed by atoms with E-state index in [0.29, 0.717) is 28.6 Å². The van der Waals surface area contributed by atoms with E-state index in [2.05, 4.69) is 0 Å². The van der Waals surface area contributed by atoms with E-state index in [0.717, 1.165) is 27.5 Å². The smallest absolute Gasteiger partial charge is 0.339 e. The molecule has 28 heavy (non-hydrogen) atoms. The maximum atomic E-state index is 12.8. The van der Waals surface area contributed by atoms with Gasteiger partial charge >= 0.3 is 5.97 Å². The summed E-state index contributed by atoms with van der Waals surface area (Å²) in [6, 6.07) is 11.0. The van der Waals surface area contributed by atoms with Crippen molar-refractivity contribution in [1.82, 2.24) is 0 Å². The van der Waals surface area contributed by atoms with Crippen LogP contribution in [-0.4, -0.2) is 34.4 Å². The zero-order valence-electron chi connectivity index (χ0n) is 16.1. The van der Waals surface area contributed by atoms with Crippen LogP contribution in [0.15, 0.2) is 36.4 Å². The SMILES string of the molecule is COc1cc2c(c(OC)c1)-c1c(cc(OC)c3c(OC)cccc13)C(=O)OC2. The van der Waals surface area contributed by atoms with Crippen molar-refractivity contribution in [2.45, 2.75) is 6.61 Å². The molecule has 1 aliphatic heterocycles. The monoisotopic (exact) mass is 380 g/mol. The molecule has 0 aliphatic carbocycles. The van der Waals surface area contributed by atoms with Crippen LogP contribution in [0.2, 0.25) is 0 Å². The molecule has 0 bridgehead atoms. The molecule has 4 rings (SSSR count). The maximum absolute atomic E-state index is 12.8. The summed E-state index contributed by atoms with van der Waals surface area (Å²) < 4.78 is 27.7. The van der Waals surface area contributed by atoms with E-state index in [9.17, 15) is 4.79 Å². The number of ether oxygens (including phenoxy) is 5. The Morgan fingerprint density at radius 3 is 2.25 bits per heavy atom. The Hall–Kier alpha value is -3.41. The molecule has 3 aromatic rings. The summed E-state index contributed by atoms with van der Waals surface area (Å²) in [5.74, 6) is 2.01. The van der Waals surface area contributed by atoms with Gasteiger partial charge in [-0.1, -0.05) is 12.1 Å². The second kappa shape index (κ2) is 6.96. The minimum absolute atomic E-state index is 0.115. The predicted molar refractivity (Wildman–Crippen MR) is 105 cm³/mol. The molecule has 0 radical (unpaired) electrons. The number of rotatable bonds is 4. The van der Waals surface area contributed by atoms with E-state index in [1.54, 1.807) is 40.6 Å². The van der Waals surface area contributed by atoms with Gasteiger partial charge in [-0.25, -0.2) is 4.79 Å². The van der Waals surface area contributed by atoms with Crippen LogP contribution in [0, 0.1) is 0 Å². The molecule has 0 unspecified atom stereocenters. The summed E-state index contributed by atoms with van der Waals surface area (Å²) in [6.45, 7) is 0.115. The molecule has 3 aromatic carbocycles. The topological polar surface area (TPSA) is 63.2 Å². The van der Waals surface area contributed by atoms with Crippen molar-refractivity contribution in [2.24, 2.45) is 0 Å². The highest BCUT2D eigenvalue weighted by Gasteiger charge is 2.29. The minimum Gasteiger partial charge on any atom is -0.497 e. The highest BCUT2D eigenvalue weighted by molar-refractivity contribution is 6.13. The van der Waals surface area contributed by atoms with E-state index in [1.165, 1.54) is 0 Å². The molecule has 0 spiro atoms. The maximum Gasteiger partial charge on any atom is 0.339 e. The van der Waals surface area contributed by atoms with E-state index >= 15 is 0 Å². The number of hydrogen-bond acceptors (Lipinski definition) is 6. The largest absolute Gasteiger partial charge is 0.497 e. The lowest BCUT2D eigenvalue weighted by Crippen LogP contribution is -2.04. The second-order valence-corrected chi connectivity index (χ2v) is 6.32. The van der Waals surface area contributed by atoms with Gasteiger partial charge in [0.15, 0.2) is 0 Å². The van der Waals surface area contributed by atoms with Gasteiger partial charge in [0, 0.05) is 22.8 Å². The summed E-state index contributed by atoms with van der Waals surface area (Å²) >= 11 is 0. The molecule has 0 N–H and O–H groups in total. The van der Waals surface area contributed by atoms with Crippen LogP contribution >= 0.6 is 0 Å². The summed E-state index contributed by atoms with van der Waals surface area (Å²) in [4.78, 5) is 12.8. The molecule has 6 nitrogen and oxygen atoms in total. The van der Waals surface area contributed by atoms with Gasteiger partial charge in [0.2, 0.25) is 0 Å². The Labute approximate surface area is 162 Å². The van der Waals surface area contributed by atoms with Crippen LogP contribution in [0.1, 0.15) is 15.9 Å². The third-order valence-corrected chi connectivity index (χ3v) is 4.97. The van der Waals surface area contributed by atoms with Crippen molar-refractivity contribution < 1.29 is 28.5 Å². The molecule has 1 aliphatic rings. The molecule has 0 atom stereocenters. The quantitative estimate of drug-likeness (QED) is 0.632. The Morgan fingerprint density at radius 1 is 0.821 bits per heavy atom. The first-order valence-corrected chi connectivity index (χ1v) is 8.73. The first-order valence-electron chi connectivity index (χ1n) is 8.73. The van der Waals surface area contributed by atoms with E-state index in [4.69, 9.17) is 23.7 Å². The molecular formula is C22H20O6. The number of esters is 1. The average molecular weight is 380 g/mol. The fraction of sp³-hybridized carbons (Fsp3) is 0.227. The fourth-order valence-electron chi connectivity index (χ4n) is 3.72. The van der Waals surface area contributed by atoms with Gasteiger partial charge in [-0.2, -0.15) is 0 Å². The molecule has 0 saturated heterocycles. The van der Waals surface area contributed by atoms with Crippen LogP contribution in [0.5, 0.6) is 23.0 Å². The van der Waals surface area contributed by atoms with Crippen molar-refractivity contribution >= 4 is 16.7 Å². The molecule has 0 aromatic heterocycles. The third-order valence-electron chi connectivity index (χ3n) is 4.97. The fourth-order valence-corrected chi connectivity index (χ4v) is 3.72. The Bertz CT molecular complexity index is 1090. The number of methoxy groups -OCH3 is 4. The molecule has 144 valence electrons. The van der Waals surface area contributed by atoms with Gasteiger partial charge in [0.05, 0.1) is 39.4 Å². The van der Waals surface area contributed by atoms with Crippen molar-refractivity contribution in [3.05, 3.63) is 47.5 Å². The highest BCUT2D eigenvalue weighted by Crippen LogP contribution is 2.48. The zero-order chi connectivity index (χ0) is 19.8. The van der Waals surface area contributed by atoms with E-state index in [-0.39, 0.29) is 6.61 Å². The van der Waals surface area contributed by atoms with E-state index < -0.39 is 5.97 Å². The Kier molecular flexibility index (Phi) is 4.47. The second-order valence-electron chi connectivity index (χ2n) is 6.32. The third kappa shape index (κ3) is 2.60. The number of cyclic esters (lactones) is 1. The van der Waals surface area contributed by atoms with Gasteiger partial charge in [-0.3, -0.25) is 0 Å². The van der Waals surface area contributed by atoms with Gasteiger partial charge in [0.1, 0.15) is 29.6 Å². The molecule has 0 fully saturated rings. The number of benzene rings is 3. The average Bonchev–Trinajstić information content (AvgIpc) is 2.88. The van der Waals surface area contributed by atoms with Crippen LogP contribution in [0.3, 0.4) is 0 Å². The van der Waals surface area contributed by atoms with Gasteiger partial charge in [0.25, 0.3) is 0 Å². The standard InChI is InChI=1S/C22H20O6/c1-24-13-8-12-11-28-22(23)15-10-18(27-4)21-14(6-5-7-16(21)25-2)20(15)19(12)17(9-13)26-3/h5-10H,11H2,1-4H3. The van der Waals surface area contributed by atoms with Crippen molar-refractivity contribution in [1.29, 1.82) is 0 Å². The Balaban J connectivity index is 2.20. The van der Waals surface area contributed by atoms with Crippen molar-refractivity contribution in [3.8, 4) is 34.1 Å². The minimum atomic E-state index is -0.421. The van der Waals surface area contributed by atoms with Gasteiger partial charge in [-0.15, -0.1) is 0 Å². The van der Waals surface area contributed by atoms with Crippen molar-refractivity contribution in [3.63, 3.8) is 0 Å². The molecular weight excluding hydrogens is 360 g/mol.